The van der Waals surface area contributed by atoms with Gasteiger partial charge in [0.25, 0.3) is 5.56 Å². The standard InChI is InChI=1S/C12H15N5O/c13-9-5-6-16(7-9)8-17-12(18)10-3-1-2-4-11(10)14-15-17/h1-4,9H,5-8,13H2/t9-/m0/s1. The molecule has 0 unspecified atom stereocenters. The van der Waals surface area contributed by atoms with Crippen molar-refractivity contribution in [1.29, 1.82) is 0 Å². The lowest BCUT2D eigenvalue weighted by Crippen LogP contribution is -2.34. The molecular formula is C12H15N5O. The van der Waals surface area contributed by atoms with E-state index in [1.165, 1.54) is 4.68 Å². The van der Waals surface area contributed by atoms with Crippen molar-refractivity contribution in [2.75, 3.05) is 13.1 Å². The summed E-state index contributed by atoms with van der Waals surface area (Å²) >= 11 is 0. The minimum atomic E-state index is -0.0962. The lowest BCUT2D eigenvalue weighted by atomic mass is 10.2. The van der Waals surface area contributed by atoms with E-state index >= 15 is 0 Å². The van der Waals surface area contributed by atoms with Gasteiger partial charge in [-0.25, -0.2) is 0 Å². The molecule has 1 fully saturated rings. The van der Waals surface area contributed by atoms with Crippen molar-refractivity contribution in [1.82, 2.24) is 19.9 Å². The van der Waals surface area contributed by atoms with E-state index < -0.39 is 0 Å². The molecule has 1 aromatic carbocycles. The zero-order chi connectivity index (χ0) is 12.5. The van der Waals surface area contributed by atoms with Crippen LogP contribution in [0.15, 0.2) is 29.1 Å². The Morgan fingerprint density at radius 1 is 1.39 bits per heavy atom. The second-order valence-electron chi connectivity index (χ2n) is 4.68. The van der Waals surface area contributed by atoms with E-state index in [2.05, 4.69) is 15.2 Å². The highest BCUT2D eigenvalue weighted by molar-refractivity contribution is 5.76. The quantitative estimate of drug-likeness (QED) is 0.791. The van der Waals surface area contributed by atoms with Crippen LogP contribution in [-0.2, 0) is 6.67 Å². The van der Waals surface area contributed by atoms with Gasteiger partial charge in [0.05, 0.1) is 12.1 Å². The molecule has 0 spiro atoms. The molecule has 0 bridgehead atoms. The van der Waals surface area contributed by atoms with Crippen molar-refractivity contribution in [3.8, 4) is 0 Å². The molecular weight excluding hydrogens is 230 g/mol. The van der Waals surface area contributed by atoms with Gasteiger partial charge >= 0.3 is 0 Å². The third-order valence-corrected chi connectivity index (χ3v) is 3.27. The van der Waals surface area contributed by atoms with Crippen molar-refractivity contribution < 1.29 is 0 Å². The zero-order valence-electron chi connectivity index (χ0n) is 9.99. The molecule has 94 valence electrons. The SMILES string of the molecule is N[C@H]1CCN(Cn2nnc3ccccc3c2=O)C1. The molecule has 18 heavy (non-hydrogen) atoms. The molecule has 1 aliphatic heterocycles. The van der Waals surface area contributed by atoms with Gasteiger partial charge in [-0.05, 0) is 18.6 Å². The minimum Gasteiger partial charge on any atom is -0.326 e. The van der Waals surface area contributed by atoms with Crippen molar-refractivity contribution in [2.45, 2.75) is 19.1 Å². The maximum atomic E-state index is 12.2. The number of hydrogen-bond donors (Lipinski definition) is 1. The fraction of sp³-hybridized carbons (Fsp3) is 0.417. The molecule has 0 aliphatic carbocycles. The first-order valence-electron chi connectivity index (χ1n) is 6.04. The molecule has 3 rings (SSSR count). The summed E-state index contributed by atoms with van der Waals surface area (Å²) in [7, 11) is 0. The molecule has 0 radical (unpaired) electrons. The van der Waals surface area contributed by atoms with E-state index in [9.17, 15) is 4.79 Å². The third-order valence-electron chi connectivity index (χ3n) is 3.27. The van der Waals surface area contributed by atoms with Crippen molar-refractivity contribution in [2.24, 2.45) is 5.73 Å². The average molecular weight is 245 g/mol. The highest BCUT2D eigenvalue weighted by atomic mass is 16.1. The maximum Gasteiger partial charge on any atom is 0.278 e. The van der Waals surface area contributed by atoms with Crippen molar-refractivity contribution >= 4 is 10.9 Å². The molecule has 2 aromatic rings. The van der Waals surface area contributed by atoms with Crippen LogP contribution in [0.1, 0.15) is 6.42 Å². The van der Waals surface area contributed by atoms with Gasteiger partial charge < -0.3 is 5.73 Å². The van der Waals surface area contributed by atoms with E-state index in [1.54, 1.807) is 12.1 Å². The molecule has 6 heteroatoms. The molecule has 1 aliphatic rings. The lowest BCUT2D eigenvalue weighted by Gasteiger charge is -2.15. The monoisotopic (exact) mass is 245 g/mol. The Hall–Kier alpha value is -1.79. The summed E-state index contributed by atoms with van der Waals surface area (Å²) in [5.41, 5.74) is 6.38. The Balaban J connectivity index is 1.93. The topological polar surface area (TPSA) is 77.0 Å². The second-order valence-corrected chi connectivity index (χ2v) is 4.68. The van der Waals surface area contributed by atoms with Crippen LogP contribution >= 0.6 is 0 Å². The number of aromatic nitrogens is 3. The molecule has 6 nitrogen and oxygen atoms in total. The van der Waals surface area contributed by atoms with Gasteiger partial charge in [0.2, 0.25) is 0 Å². The van der Waals surface area contributed by atoms with Gasteiger partial charge in [-0.15, -0.1) is 5.10 Å². The second kappa shape index (κ2) is 4.47. The van der Waals surface area contributed by atoms with Gasteiger partial charge in [0.15, 0.2) is 0 Å². The number of hydrogen-bond acceptors (Lipinski definition) is 5. The molecule has 2 heterocycles. The van der Waals surface area contributed by atoms with Crippen LogP contribution in [-0.4, -0.2) is 39.0 Å². The Labute approximate surface area is 104 Å². The molecule has 0 saturated carbocycles. The summed E-state index contributed by atoms with van der Waals surface area (Å²) in [5, 5.41) is 8.63. The summed E-state index contributed by atoms with van der Waals surface area (Å²) in [6.07, 6.45) is 0.968. The Morgan fingerprint density at radius 3 is 3.00 bits per heavy atom. The molecule has 1 atom stereocenters. The van der Waals surface area contributed by atoms with Crippen LogP contribution in [0, 0.1) is 0 Å². The van der Waals surface area contributed by atoms with Gasteiger partial charge in [0.1, 0.15) is 5.52 Å². The fourth-order valence-corrected chi connectivity index (χ4v) is 2.30. The first kappa shape index (κ1) is 11.3. The Bertz CT molecular complexity index is 623. The number of benzene rings is 1. The van der Waals surface area contributed by atoms with Gasteiger partial charge in [-0.3, -0.25) is 9.69 Å². The van der Waals surface area contributed by atoms with Gasteiger partial charge in [-0.1, -0.05) is 17.3 Å². The first-order valence-corrected chi connectivity index (χ1v) is 6.04. The lowest BCUT2D eigenvalue weighted by molar-refractivity contribution is 0.242. The molecule has 2 N–H and O–H groups in total. The van der Waals surface area contributed by atoms with Crippen LogP contribution in [0.25, 0.3) is 10.9 Å². The van der Waals surface area contributed by atoms with E-state index in [0.29, 0.717) is 17.6 Å². The van der Waals surface area contributed by atoms with Crippen LogP contribution in [0.3, 0.4) is 0 Å². The summed E-state index contributed by atoms with van der Waals surface area (Å²) in [4.78, 5) is 14.3. The predicted molar refractivity (Wildman–Crippen MR) is 68.0 cm³/mol. The molecule has 1 aromatic heterocycles. The largest absolute Gasteiger partial charge is 0.326 e. The predicted octanol–water partition coefficient (Wildman–Crippen LogP) is -0.218. The van der Waals surface area contributed by atoms with Crippen LogP contribution in [0.2, 0.25) is 0 Å². The Morgan fingerprint density at radius 2 is 2.22 bits per heavy atom. The average Bonchev–Trinajstić information content (AvgIpc) is 2.79. The van der Waals surface area contributed by atoms with Gasteiger partial charge in [0, 0.05) is 19.1 Å². The first-order chi connectivity index (χ1) is 8.74. The number of rotatable bonds is 2. The van der Waals surface area contributed by atoms with Crippen molar-refractivity contribution in [3.05, 3.63) is 34.6 Å². The normalized spacial score (nSPS) is 20.6. The molecule has 1 saturated heterocycles. The summed E-state index contributed by atoms with van der Waals surface area (Å²) in [6, 6.07) is 7.45. The van der Waals surface area contributed by atoms with E-state index in [1.807, 2.05) is 12.1 Å². The highest BCUT2D eigenvalue weighted by Gasteiger charge is 2.20. The fourth-order valence-electron chi connectivity index (χ4n) is 2.30. The minimum absolute atomic E-state index is 0.0962. The Kier molecular flexibility index (Phi) is 2.81. The highest BCUT2D eigenvalue weighted by Crippen LogP contribution is 2.08. The smallest absolute Gasteiger partial charge is 0.278 e. The molecule has 0 amide bonds. The zero-order valence-corrected chi connectivity index (χ0v) is 9.99. The van der Waals surface area contributed by atoms with Crippen molar-refractivity contribution in [3.63, 3.8) is 0 Å². The van der Waals surface area contributed by atoms with Crippen LogP contribution < -0.4 is 11.3 Å². The number of nitrogens with zero attached hydrogens (tertiary/aromatic N) is 4. The van der Waals surface area contributed by atoms with E-state index in [-0.39, 0.29) is 11.6 Å². The number of likely N-dealkylation sites (tertiary alicyclic amines) is 1. The van der Waals surface area contributed by atoms with Crippen LogP contribution in [0.4, 0.5) is 0 Å². The van der Waals surface area contributed by atoms with Gasteiger partial charge in [-0.2, -0.15) is 4.68 Å². The van der Waals surface area contributed by atoms with E-state index in [4.69, 9.17) is 5.73 Å². The number of fused-ring (bicyclic) bond motifs is 1. The van der Waals surface area contributed by atoms with E-state index in [0.717, 1.165) is 19.5 Å². The third kappa shape index (κ3) is 2.00. The number of nitrogens with two attached hydrogens (primary N) is 1. The summed E-state index contributed by atoms with van der Waals surface area (Å²) in [5.74, 6) is 0. The summed E-state index contributed by atoms with van der Waals surface area (Å²) in [6.45, 7) is 2.17. The summed E-state index contributed by atoms with van der Waals surface area (Å²) < 4.78 is 1.40. The van der Waals surface area contributed by atoms with Crippen LogP contribution in [0.5, 0.6) is 0 Å². The maximum absolute atomic E-state index is 12.2.